The molecule has 1 saturated heterocycles. The highest BCUT2D eigenvalue weighted by atomic mass is 16.2. The Balaban J connectivity index is 1.33. The SMILES string of the molecule is Cc1cccc2c1C(=O)NC1(CCN(C(=O)c3ccc4ccccc4c3)CC1)N2. The minimum atomic E-state index is -0.488. The number of amides is 2. The maximum atomic E-state index is 13.0. The van der Waals surface area contributed by atoms with Crippen molar-refractivity contribution in [1.29, 1.82) is 0 Å². The quantitative estimate of drug-likeness (QED) is 0.667. The van der Waals surface area contributed by atoms with Crippen LogP contribution in [0.25, 0.3) is 10.8 Å². The predicted molar refractivity (Wildman–Crippen MR) is 114 cm³/mol. The molecule has 0 atom stereocenters. The summed E-state index contributed by atoms with van der Waals surface area (Å²) in [6, 6.07) is 19.8. The molecule has 5 heteroatoms. The number of fused-ring (bicyclic) bond motifs is 2. The number of likely N-dealkylation sites (tertiary alicyclic amines) is 1. The van der Waals surface area contributed by atoms with Crippen LogP contribution in [0.15, 0.2) is 60.7 Å². The summed E-state index contributed by atoms with van der Waals surface area (Å²) in [6.07, 6.45) is 1.34. The van der Waals surface area contributed by atoms with E-state index in [1.165, 1.54) is 0 Å². The normalized spacial score (nSPS) is 17.6. The van der Waals surface area contributed by atoms with E-state index in [9.17, 15) is 9.59 Å². The molecule has 2 N–H and O–H groups in total. The molecular weight excluding hydrogens is 362 g/mol. The first-order chi connectivity index (χ1) is 14.0. The number of carbonyl (C=O) groups excluding carboxylic acids is 2. The van der Waals surface area contributed by atoms with Crippen molar-refractivity contribution < 1.29 is 9.59 Å². The smallest absolute Gasteiger partial charge is 0.255 e. The molecule has 0 aliphatic carbocycles. The fourth-order valence-corrected chi connectivity index (χ4v) is 4.49. The van der Waals surface area contributed by atoms with E-state index in [0.29, 0.717) is 37.1 Å². The van der Waals surface area contributed by atoms with Crippen LogP contribution in [0.1, 0.15) is 39.1 Å². The number of anilines is 1. The summed E-state index contributed by atoms with van der Waals surface area (Å²) < 4.78 is 0. The highest BCUT2D eigenvalue weighted by molar-refractivity contribution is 6.03. The van der Waals surface area contributed by atoms with Gasteiger partial charge < -0.3 is 15.5 Å². The van der Waals surface area contributed by atoms with Crippen molar-refractivity contribution in [3.8, 4) is 0 Å². The van der Waals surface area contributed by atoms with Gasteiger partial charge in [-0.2, -0.15) is 0 Å². The van der Waals surface area contributed by atoms with Gasteiger partial charge in [-0.3, -0.25) is 9.59 Å². The van der Waals surface area contributed by atoms with E-state index in [1.807, 2.05) is 72.5 Å². The maximum Gasteiger partial charge on any atom is 0.255 e. The molecule has 0 unspecified atom stereocenters. The molecule has 0 aromatic heterocycles. The van der Waals surface area contributed by atoms with E-state index in [4.69, 9.17) is 0 Å². The molecule has 1 spiro atoms. The number of benzene rings is 3. The van der Waals surface area contributed by atoms with Crippen molar-refractivity contribution in [3.05, 3.63) is 77.4 Å². The molecule has 5 rings (SSSR count). The van der Waals surface area contributed by atoms with Crippen LogP contribution in [0.4, 0.5) is 5.69 Å². The number of rotatable bonds is 1. The first-order valence-corrected chi connectivity index (χ1v) is 10.0. The van der Waals surface area contributed by atoms with Crippen molar-refractivity contribution in [1.82, 2.24) is 10.2 Å². The molecule has 2 amide bonds. The van der Waals surface area contributed by atoms with Crippen molar-refractivity contribution in [2.45, 2.75) is 25.4 Å². The lowest BCUT2D eigenvalue weighted by Crippen LogP contribution is -2.62. The molecule has 3 aromatic rings. The lowest BCUT2D eigenvalue weighted by atomic mass is 9.91. The summed E-state index contributed by atoms with van der Waals surface area (Å²) in [6.45, 7) is 3.14. The van der Waals surface area contributed by atoms with Crippen LogP contribution in [0.2, 0.25) is 0 Å². The summed E-state index contributed by atoms with van der Waals surface area (Å²) >= 11 is 0. The van der Waals surface area contributed by atoms with Crippen LogP contribution in [0, 0.1) is 6.92 Å². The number of nitrogens with one attached hydrogen (secondary N) is 2. The molecule has 5 nitrogen and oxygen atoms in total. The van der Waals surface area contributed by atoms with Crippen molar-refractivity contribution in [2.24, 2.45) is 0 Å². The van der Waals surface area contributed by atoms with Gasteiger partial charge in [0.05, 0.1) is 5.56 Å². The molecule has 0 saturated carbocycles. The van der Waals surface area contributed by atoms with Gasteiger partial charge in [0.1, 0.15) is 5.66 Å². The van der Waals surface area contributed by atoms with Gasteiger partial charge in [-0.25, -0.2) is 0 Å². The molecule has 0 bridgehead atoms. The Hall–Kier alpha value is -3.34. The highest BCUT2D eigenvalue weighted by Gasteiger charge is 2.41. The zero-order valence-corrected chi connectivity index (χ0v) is 16.4. The minimum Gasteiger partial charge on any atom is -0.362 e. The van der Waals surface area contributed by atoms with Crippen LogP contribution in [0.3, 0.4) is 0 Å². The Morgan fingerprint density at radius 2 is 1.69 bits per heavy atom. The lowest BCUT2D eigenvalue weighted by Gasteiger charge is -2.46. The zero-order valence-electron chi connectivity index (χ0n) is 16.4. The molecule has 0 radical (unpaired) electrons. The summed E-state index contributed by atoms with van der Waals surface area (Å²) in [7, 11) is 0. The Kier molecular flexibility index (Phi) is 4.05. The Labute approximate surface area is 169 Å². The van der Waals surface area contributed by atoms with E-state index >= 15 is 0 Å². The summed E-state index contributed by atoms with van der Waals surface area (Å²) in [5.74, 6) is 0.00939. The monoisotopic (exact) mass is 385 g/mol. The van der Waals surface area contributed by atoms with Crippen molar-refractivity contribution >= 4 is 28.3 Å². The molecule has 3 aromatic carbocycles. The van der Waals surface area contributed by atoms with Gasteiger partial charge in [-0.05, 0) is 41.5 Å². The molecule has 2 heterocycles. The summed E-state index contributed by atoms with van der Waals surface area (Å²) in [5, 5.41) is 8.90. The fraction of sp³-hybridized carbons (Fsp3) is 0.250. The number of piperidine rings is 1. The topological polar surface area (TPSA) is 61.4 Å². The van der Waals surface area contributed by atoms with Gasteiger partial charge in [0.15, 0.2) is 0 Å². The molecule has 146 valence electrons. The third-order valence-electron chi connectivity index (χ3n) is 6.13. The molecule has 29 heavy (non-hydrogen) atoms. The van der Waals surface area contributed by atoms with Gasteiger partial charge >= 0.3 is 0 Å². The maximum absolute atomic E-state index is 13.0. The minimum absolute atomic E-state index is 0.0360. The number of nitrogens with zero attached hydrogens (tertiary/aromatic N) is 1. The zero-order chi connectivity index (χ0) is 20.0. The van der Waals surface area contributed by atoms with Crippen LogP contribution >= 0.6 is 0 Å². The first-order valence-electron chi connectivity index (χ1n) is 10.0. The number of hydrogen-bond donors (Lipinski definition) is 2. The standard InChI is InChI=1S/C24H23N3O2/c1-16-5-4-8-20-21(16)22(28)26-24(25-20)11-13-27(14-12-24)23(29)19-10-9-17-6-2-3-7-18(17)15-19/h2-10,15,25H,11-14H2,1H3,(H,26,28). The third-order valence-corrected chi connectivity index (χ3v) is 6.13. The lowest BCUT2D eigenvalue weighted by molar-refractivity contribution is 0.0639. The number of hydrogen-bond acceptors (Lipinski definition) is 3. The predicted octanol–water partition coefficient (Wildman–Crippen LogP) is 3.94. The van der Waals surface area contributed by atoms with E-state index in [2.05, 4.69) is 10.6 Å². The Morgan fingerprint density at radius 1 is 0.931 bits per heavy atom. The second-order valence-corrected chi connectivity index (χ2v) is 8.01. The molecular formula is C24H23N3O2. The van der Waals surface area contributed by atoms with Crippen molar-refractivity contribution in [3.63, 3.8) is 0 Å². The second-order valence-electron chi connectivity index (χ2n) is 8.01. The van der Waals surface area contributed by atoms with Gasteiger partial charge in [0.25, 0.3) is 11.8 Å². The van der Waals surface area contributed by atoms with Gasteiger partial charge in [0.2, 0.25) is 0 Å². The fourth-order valence-electron chi connectivity index (χ4n) is 4.49. The van der Waals surface area contributed by atoms with E-state index in [-0.39, 0.29) is 11.8 Å². The summed E-state index contributed by atoms with van der Waals surface area (Å²) in [4.78, 5) is 27.6. The van der Waals surface area contributed by atoms with Crippen molar-refractivity contribution in [2.75, 3.05) is 18.4 Å². The van der Waals surface area contributed by atoms with Crippen LogP contribution in [-0.4, -0.2) is 35.5 Å². The average Bonchev–Trinajstić information content (AvgIpc) is 2.73. The largest absolute Gasteiger partial charge is 0.362 e. The van der Waals surface area contributed by atoms with Gasteiger partial charge in [0, 0.05) is 37.2 Å². The van der Waals surface area contributed by atoms with E-state index in [1.54, 1.807) is 0 Å². The van der Waals surface area contributed by atoms with Crippen LogP contribution in [-0.2, 0) is 0 Å². The number of carbonyl (C=O) groups is 2. The second kappa shape index (κ2) is 6.62. The van der Waals surface area contributed by atoms with E-state index < -0.39 is 5.66 Å². The Bertz CT molecular complexity index is 1130. The Morgan fingerprint density at radius 3 is 2.48 bits per heavy atom. The average molecular weight is 385 g/mol. The first kappa shape index (κ1) is 17.7. The molecule has 1 fully saturated rings. The number of aryl methyl sites for hydroxylation is 1. The van der Waals surface area contributed by atoms with Gasteiger partial charge in [-0.1, -0.05) is 42.5 Å². The van der Waals surface area contributed by atoms with Gasteiger partial charge in [-0.15, -0.1) is 0 Å². The molecule has 2 aliphatic rings. The van der Waals surface area contributed by atoms with Crippen LogP contribution in [0.5, 0.6) is 0 Å². The van der Waals surface area contributed by atoms with E-state index in [0.717, 1.165) is 22.0 Å². The third kappa shape index (κ3) is 3.03. The van der Waals surface area contributed by atoms with Crippen LogP contribution < -0.4 is 10.6 Å². The molecule has 2 aliphatic heterocycles. The summed E-state index contributed by atoms with van der Waals surface area (Å²) in [5.41, 5.74) is 2.78. The highest BCUT2D eigenvalue weighted by Crippen LogP contribution is 2.33.